The molecule has 1 saturated heterocycles. The number of carbonyl (C=O) groups excluding carboxylic acids is 3. The van der Waals surface area contributed by atoms with Crippen LogP contribution in [0, 0.1) is 11.8 Å². The van der Waals surface area contributed by atoms with Crippen LogP contribution in [0.1, 0.15) is 32.4 Å². The zero-order chi connectivity index (χ0) is 21.8. The minimum absolute atomic E-state index is 0.0256. The highest BCUT2D eigenvalue weighted by Gasteiger charge is 2.32. The third-order valence-electron chi connectivity index (χ3n) is 5.80. The van der Waals surface area contributed by atoms with Crippen LogP contribution >= 0.6 is 0 Å². The number of carboxylic acid groups (broad SMARTS) is 1. The molecule has 0 unspecified atom stereocenters. The standard InChI is InChI=1S/C22H30N4O4/c1-13(2)19(22(29)30)25-20(27)14-7-9-26(10-8-14)21(28)17(23)12-16-11-15-5-3-4-6-18(15)24-16/h3-6,11,13-14,17,19,24H,7-10,12,23H2,1-2H3,(H,25,27)(H,29,30)/t17-,19-/m0/s1. The number of nitrogens with one attached hydrogen (secondary N) is 2. The maximum atomic E-state index is 12.8. The Morgan fingerprint density at radius 1 is 1.23 bits per heavy atom. The number of carbonyl (C=O) groups is 3. The van der Waals surface area contributed by atoms with Crippen molar-refractivity contribution in [2.24, 2.45) is 11.8 Å². The summed E-state index contributed by atoms with van der Waals surface area (Å²) in [5.74, 6) is -2.14. The lowest BCUT2D eigenvalue weighted by Crippen LogP contribution is -2.69. The van der Waals surface area contributed by atoms with E-state index in [0.717, 1.165) is 16.6 Å². The van der Waals surface area contributed by atoms with Gasteiger partial charge >= 0.3 is 0 Å². The molecule has 5 N–H and O–H groups in total. The summed E-state index contributed by atoms with van der Waals surface area (Å²) in [6.45, 7) is 4.38. The van der Waals surface area contributed by atoms with Gasteiger partial charge in [0.1, 0.15) is 0 Å². The second-order valence-electron chi connectivity index (χ2n) is 8.43. The molecule has 162 valence electrons. The zero-order valence-corrected chi connectivity index (χ0v) is 17.5. The first kappa shape index (κ1) is 21.8. The van der Waals surface area contributed by atoms with Crippen molar-refractivity contribution >= 4 is 28.7 Å². The van der Waals surface area contributed by atoms with E-state index in [4.69, 9.17) is 0 Å². The van der Waals surface area contributed by atoms with Gasteiger partial charge in [0.15, 0.2) is 6.04 Å². The average molecular weight is 415 g/mol. The quantitative estimate of drug-likeness (QED) is 0.561. The number of para-hydroxylation sites is 1. The number of fused-ring (bicyclic) bond motifs is 1. The molecule has 1 aliphatic heterocycles. The predicted molar refractivity (Wildman–Crippen MR) is 110 cm³/mol. The molecule has 8 heteroatoms. The Morgan fingerprint density at radius 3 is 2.50 bits per heavy atom. The van der Waals surface area contributed by atoms with Crippen LogP contribution in [0.4, 0.5) is 0 Å². The number of nitrogens with zero attached hydrogens (tertiary/aromatic N) is 1. The first-order valence-electron chi connectivity index (χ1n) is 10.5. The van der Waals surface area contributed by atoms with Crippen molar-refractivity contribution in [2.45, 2.75) is 45.2 Å². The molecule has 1 fully saturated rings. The number of H-pyrrole nitrogens is 1. The number of hydrogen-bond acceptors (Lipinski definition) is 4. The number of piperidine rings is 1. The van der Waals surface area contributed by atoms with Gasteiger partial charge in [0.25, 0.3) is 5.91 Å². The molecule has 2 aromatic rings. The summed E-state index contributed by atoms with van der Waals surface area (Å²) in [6, 6.07) is 8.59. The Labute approximate surface area is 175 Å². The number of likely N-dealkylation sites (tertiary alicyclic amines) is 1. The number of rotatable bonds is 7. The van der Waals surface area contributed by atoms with Crippen LogP contribution in [0.2, 0.25) is 0 Å². The lowest BCUT2D eigenvalue weighted by Gasteiger charge is -2.33. The zero-order valence-electron chi connectivity index (χ0n) is 17.5. The fraction of sp³-hybridized carbons (Fsp3) is 0.500. The second-order valence-corrected chi connectivity index (χ2v) is 8.43. The molecule has 2 heterocycles. The van der Waals surface area contributed by atoms with Crippen molar-refractivity contribution in [3.05, 3.63) is 36.0 Å². The molecule has 3 rings (SSSR count). The minimum Gasteiger partial charge on any atom is -0.548 e. The summed E-state index contributed by atoms with van der Waals surface area (Å²) in [5.41, 5.74) is 6.06. The van der Waals surface area contributed by atoms with Crippen molar-refractivity contribution in [2.75, 3.05) is 13.1 Å². The van der Waals surface area contributed by atoms with E-state index >= 15 is 0 Å². The number of aromatic amines is 1. The molecule has 0 aliphatic carbocycles. The van der Waals surface area contributed by atoms with E-state index in [1.54, 1.807) is 18.7 Å². The largest absolute Gasteiger partial charge is 0.548 e. The van der Waals surface area contributed by atoms with Crippen molar-refractivity contribution in [1.82, 2.24) is 15.2 Å². The van der Waals surface area contributed by atoms with Crippen LogP contribution in [0.5, 0.6) is 0 Å². The number of hydrogen-bond donors (Lipinski definition) is 3. The Hall–Kier alpha value is -2.87. The fourth-order valence-electron chi connectivity index (χ4n) is 3.99. The SMILES string of the molecule is CC(C)[C@H](NC(=O)C1CCN(C(=O)[C@@H]([NH3+])Cc2cc3ccccc3[nH]2)CC1)C(=O)[O-]. The number of benzene rings is 1. The van der Waals surface area contributed by atoms with Crippen LogP contribution in [-0.4, -0.2) is 52.8 Å². The number of amides is 2. The van der Waals surface area contributed by atoms with E-state index in [9.17, 15) is 19.5 Å². The Morgan fingerprint density at radius 2 is 1.90 bits per heavy atom. The third-order valence-corrected chi connectivity index (χ3v) is 5.80. The summed E-state index contributed by atoms with van der Waals surface area (Å²) < 4.78 is 0. The first-order chi connectivity index (χ1) is 14.3. The summed E-state index contributed by atoms with van der Waals surface area (Å²) in [5, 5.41) is 14.9. The molecule has 0 radical (unpaired) electrons. The molecule has 2 amide bonds. The summed E-state index contributed by atoms with van der Waals surface area (Å²) >= 11 is 0. The number of quaternary nitrogens is 1. The van der Waals surface area contributed by atoms with Crippen molar-refractivity contribution in [1.29, 1.82) is 0 Å². The maximum Gasteiger partial charge on any atom is 0.281 e. The monoisotopic (exact) mass is 414 g/mol. The first-order valence-corrected chi connectivity index (χ1v) is 10.5. The maximum absolute atomic E-state index is 12.8. The van der Waals surface area contributed by atoms with E-state index in [0.29, 0.717) is 32.4 Å². The van der Waals surface area contributed by atoms with Crippen LogP contribution in [0.15, 0.2) is 30.3 Å². The van der Waals surface area contributed by atoms with Gasteiger partial charge in [0.2, 0.25) is 5.91 Å². The molecule has 30 heavy (non-hydrogen) atoms. The van der Waals surface area contributed by atoms with Crippen molar-refractivity contribution in [3.8, 4) is 0 Å². The summed E-state index contributed by atoms with van der Waals surface area (Å²) in [6.07, 6.45) is 1.54. The Balaban J connectivity index is 1.51. The fourth-order valence-corrected chi connectivity index (χ4v) is 3.99. The summed E-state index contributed by atoms with van der Waals surface area (Å²) in [7, 11) is 0. The number of aromatic nitrogens is 1. The Kier molecular flexibility index (Phi) is 6.77. The normalized spacial score (nSPS) is 17.1. The van der Waals surface area contributed by atoms with Gasteiger partial charge in [-0.15, -0.1) is 0 Å². The van der Waals surface area contributed by atoms with E-state index in [-0.39, 0.29) is 23.7 Å². The highest BCUT2D eigenvalue weighted by atomic mass is 16.4. The van der Waals surface area contributed by atoms with Gasteiger partial charge in [-0.1, -0.05) is 32.0 Å². The molecule has 0 spiro atoms. The van der Waals surface area contributed by atoms with Crippen LogP contribution in [-0.2, 0) is 20.8 Å². The minimum atomic E-state index is -1.28. The Bertz CT molecular complexity index is 882. The van der Waals surface area contributed by atoms with Gasteiger partial charge in [0, 0.05) is 36.6 Å². The highest BCUT2D eigenvalue weighted by molar-refractivity contribution is 5.85. The molecule has 0 saturated carbocycles. The smallest absolute Gasteiger partial charge is 0.281 e. The van der Waals surface area contributed by atoms with E-state index < -0.39 is 18.1 Å². The second kappa shape index (κ2) is 9.30. The van der Waals surface area contributed by atoms with Gasteiger partial charge in [-0.3, -0.25) is 9.59 Å². The average Bonchev–Trinajstić information content (AvgIpc) is 3.13. The number of aliphatic carboxylic acids is 1. The van der Waals surface area contributed by atoms with Gasteiger partial charge in [-0.25, -0.2) is 0 Å². The highest BCUT2D eigenvalue weighted by Crippen LogP contribution is 2.20. The molecule has 1 aromatic heterocycles. The van der Waals surface area contributed by atoms with Crippen LogP contribution < -0.4 is 16.2 Å². The van der Waals surface area contributed by atoms with Gasteiger partial charge in [0.05, 0.1) is 12.0 Å². The van der Waals surface area contributed by atoms with Gasteiger partial charge < -0.3 is 30.8 Å². The van der Waals surface area contributed by atoms with Crippen LogP contribution in [0.25, 0.3) is 10.9 Å². The van der Waals surface area contributed by atoms with Gasteiger partial charge in [-0.2, -0.15) is 0 Å². The predicted octanol–water partition coefficient (Wildman–Crippen LogP) is -0.550. The van der Waals surface area contributed by atoms with E-state index in [1.807, 2.05) is 30.3 Å². The lowest BCUT2D eigenvalue weighted by molar-refractivity contribution is -0.405. The molecule has 1 aromatic carbocycles. The summed E-state index contributed by atoms with van der Waals surface area (Å²) in [4.78, 5) is 41.5. The molecule has 0 bridgehead atoms. The molecular formula is C22H30N4O4. The topological polar surface area (TPSA) is 133 Å². The van der Waals surface area contributed by atoms with Crippen LogP contribution in [0.3, 0.4) is 0 Å². The molecule has 8 nitrogen and oxygen atoms in total. The third kappa shape index (κ3) is 4.99. The number of carboxylic acids is 1. The van der Waals surface area contributed by atoms with E-state index in [2.05, 4.69) is 16.0 Å². The lowest BCUT2D eigenvalue weighted by atomic mass is 9.94. The van der Waals surface area contributed by atoms with Crippen molar-refractivity contribution < 1.29 is 25.2 Å². The molecule has 1 aliphatic rings. The molecule has 2 atom stereocenters. The van der Waals surface area contributed by atoms with Gasteiger partial charge in [-0.05, 0) is 36.3 Å². The van der Waals surface area contributed by atoms with E-state index in [1.165, 1.54) is 0 Å². The molecular weight excluding hydrogens is 384 g/mol. The van der Waals surface area contributed by atoms with Crippen molar-refractivity contribution in [3.63, 3.8) is 0 Å².